The van der Waals surface area contributed by atoms with E-state index < -0.39 is 0 Å². The average molecular weight is 238 g/mol. The van der Waals surface area contributed by atoms with Crippen LogP contribution in [-0.2, 0) is 17.9 Å². The van der Waals surface area contributed by atoms with Crippen LogP contribution in [0.25, 0.3) is 0 Å². The van der Waals surface area contributed by atoms with E-state index in [2.05, 4.69) is 10.6 Å². The Kier molecular flexibility index (Phi) is 6.06. The van der Waals surface area contributed by atoms with Crippen molar-refractivity contribution in [2.75, 3.05) is 20.3 Å². The summed E-state index contributed by atoms with van der Waals surface area (Å²) in [5.41, 5.74) is 2.07. The van der Waals surface area contributed by atoms with E-state index in [0.29, 0.717) is 13.2 Å². The minimum absolute atomic E-state index is 0.0618. The fourth-order valence-electron chi connectivity index (χ4n) is 1.43. The van der Waals surface area contributed by atoms with Crippen molar-refractivity contribution in [1.82, 2.24) is 10.6 Å². The fourth-order valence-corrected chi connectivity index (χ4v) is 1.43. The molecule has 5 nitrogen and oxygen atoms in total. The van der Waals surface area contributed by atoms with Crippen LogP contribution in [0.3, 0.4) is 0 Å². The van der Waals surface area contributed by atoms with E-state index in [-0.39, 0.29) is 19.2 Å². The highest BCUT2D eigenvalue weighted by atomic mass is 16.5. The molecule has 94 valence electrons. The first-order chi connectivity index (χ1) is 8.27. The Bertz CT molecular complexity index is 355. The molecule has 0 aliphatic heterocycles. The summed E-state index contributed by atoms with van der Waals surface area (Å²) in [6.07, 6.45) is 0. The molecule has 1 aromatic carbocycles. The van der Waals surface area contributed by atoms with Crippen molar-refractivity contribution in [3.8, 4) is 0 Å². The molecule has 0 saturated heterocycles. The lowest BCUT2D eigenvalue weighted by Gasteiger charge is -2.10. The SMILES string of the molecule is COCc1ccccc1CNC(=O)NCCO. The maximum Gasteiger partial charge on any atom is 0.315 e. The van der Waals surface area contributed by atoms with Crippen molar-refractivity contribution < 1.29 is 14.6 Å². The Morgan fingerprint density at radius 1 is 1.29 bits per heavy atom. The topological polar surface area (TPSA) is 70.6 Å². The number of aliphatic hydroxyl groups is 1. The molecule has 0 atom stereocenters. The standard InChI is InChI=1S/C12H18N2O3/c1-17-9-11-5-3-2-4-10(11)8-14-12(16)13-6-7-15/h2-5,15H,6-9H2,1H3,(H2,13,14,16). The zero-order chi connectivity index (χ0) is 12.5. The van der Waals surface area contributed by atoms with E-state index in [1.165, 1.54) is 0 Å². The fraction of sp³-hybridized carbons (Fsp3) is 0.417. The Hall–Kier alpha value is -1.59. The molecule has 0 bridgehead atoms. The molecule has 0 aliphatic carbocycles. The minimum Gasteiger partial charge on any atom is -0.395 e. The van der Waals surface area contributed by atoms with E-state index in [4.69, 9.17) is 9.84 Å². The maximum atomic E-state index is 11.3. The number of carbonyl (C=O) groups excluding carboxylic acids is 1. The summed E-state index contributed by atoms with van der Waals surface area (Å²) in [5, 5.41) is 13.8. The van der Waals surface area contributed by atoms with Crippen molar-refractivity contribution in [3.63, 3.8) is 0 Å². The zero-order valence-electron chi connectivity index (χ0n) is 9.90. The Morgan fingerprint density at radius 3 is 2.65 bits per heavy atom. The monoisotopic (exact) mass is 238 g/mol. The van der Waals surface area contributed by atoms with Gasteiger partial charge in [0, 0.05) is 20.2 Å². The van der Waals surface area contributed by atoms with E-state index in [9.17, 15) is 4.79 Å². The van der Waals surface area contributed by atoms with Crippen LogP contribution in [0.15, 0.2) is 24.3 Å². The first-order valence-corrected chi connectivity index (χ1v) is 5.46. The van der Waals surface area contributed by atoms with Gasteiger partial charge >= 0.3 is 6.03 Å². The van der Waals surface area contributed by atoms with Gasteiger partial charge in [-0.25, -0.2) is 4.79 Å². The molecule has 1 rings (SSSR count). The number of urea groups is 1. The molecule has 2 amide bonds. The van der Waals surface area contributed by atoms with Crippen molar-refractivity contribution in [2.24, 2.45) is 0 Å². The van der Waals surface area contributed by atoms with Crippen LogP contribution in [0, 0.1) is 0 Å². The van der Waals surface area contributed by atoms with Gasteiger partial charge in [-0.1, -0.05) is 24.3 Å². The largest absolute Gasteiger partial charge is 0.395 e. The van der Waals surface area contributed by atoms with Gasteiger partial charge < -0.3 is 20.5 Å². The van der Waals surface area contributed by atoms with Crippen molar-refractivity contribution in [1.29, 1.82) is 0 Å². The van der Waals surface area contributed by atoms with Gasteiger partial charge in [-0.15, -0.1) is 0 Å². The van der Waals surface area contributed by atoms with Gasteiger partial charge in [0.1, 0.15) is 0 Å². The number of aliphatic hydroxyl groups excluding tert-OH is 1. The predicted octanol–water partition coefficient (Wildman–Crippen LogP) is 0.625. The highest BCUT2D eigenvalue weighted by Gasteiger charge is 2.03. The first kappa shape index (κ1) is 13.5. The van der Waals surface area contributed by atoms with Crippen LogP contribution >= 0.6 is 0 Å². The molecule has 1 aromatic rings. The molecule has 0 spiro atoms. The van der Waals surface area contributed by atoms with Gasteiger partial charge in [0.15, 0.2) is 0 Å². The van der Waals surface area contributed by atoms with Crippen molar-refractivity contribution in [2.45, 2.75) is 13.2 Å². The lowest BCUT2D eigenvalue weighted by atomic mass is 10.1. The molecule has 0 radical (unpaired) electrons. The number of ether oxygens (including phenoxy) is 1. The van der Waals surface area contributed by atoms with E-state index in [1.54, 1.807) is 7.11 Å². The number of benzene rings is 1. The molecule has 0 heterocycles. The average Bonchev–Trinajstić information content (AvgIpc) is 2.35. The summed E-state index contributed by atoms with van der Waals surface area (Å²) in [6, 6.07) is 7.48. The summed E-state index contributed by atoms with van der Waals surface area (Å²) in [7, 11) is 1.64. The van der Waals surface area contributed by atoms with Crippen molar-refractivity contribution in [3.05, 3.63) is 35.4 Å². The molecule has 5 heteroatoms. The number of rotatable bonds is 6. The smallest absolute Gasteiger partial charge is 0.315 e. The second-order valence-corrected chi connectivity index (χ2v) is 3.53. The molecule has 0 saturated carbocycles. The first-order valence-electron chi connectivity index (χ1n) is 5.46. The van der Waals surface area contributed by atoms with Crippen molar-refractivity contribution >= 4 is 6.03 Å². The molecule has 0 aromatic heterocycles. The normalized spacial score (nSPS) is 10.0. The third-order valence-corrected chi connectivity index (χ3v) is 2.25. The second-order valence-electron chi connectivity index (χ2n) is 3.53. The van der Waals surface area contributed by atoms with Crippen LogP contribution in [0.5, 0.6) is 0 Å². The number of hydrogen-bond acceptors (Lipinski definition) is 3. The number of hydrogen-bond donors (Lipinski definition) is 3. The Morgan fingerprint density at radius 2 is 2.00 bits per heavy atom. The molecular weight excluding hydrogens is 220 g/mol. The number of nitrogens with one attached hydrogen (secondary N) is 2. The molecule has 0 aliphatic rings. The van der Waals surface area contributed by atoms with Gasteiger partial charge in [0.2, 0.25) is 0 Å². The summed E-state index contributed by atoms with van der Waals surface area (Å²) < 4.78 is 5.08. The Labute approximate surface area is 101 Å². The molecular formula is C12H18N2O3. The van der Waals surface area contributed by atoms with E-state index in [1.807, 2.05) is 24.3 Å². The Balaban J connectivity index is 2.47. The molecule has 0 unspecified atom stereocenters. The lowest BCUT2D eigenvalue weighted by molar-refractivity contribution is 0.184. The molecule has 3 N–H and O–H groups in total. The summed E-state index contributed by atoms with van der Waals surface area (Å²) in [4.78, 5) is 11.3. The summed E-state index contributed by atoms with van der Waals surface area (Å²) in [5.74, 6) is 0. The van der Waals surface area contributed by atoms with Gasteiger partial charge in [0.05, 0.1) is 13.2 Å². The second kappa shape index (κ2) is 7.65. The number of methoxy groups -OCH3 is 1. The van der Waals surface area contributed by atoms with E-state index in [0.717, 1.165) is 11.1 Å². The number of amides is 2. The van der Waals surface area contributed by atoms with Gasteiger partial charge in [-0.2, -0.15) is 0 Å². The summed E-state index contributed by atoms with van der Waals surface area (Å²) in [6.45, 7) is 1.16. The third-order valence-electron chi connectivity index (χ3n) is 2.25. The molecule has 0 fully saturated rings. The number of carbonyl (C=O) groups is 1. The van der Waals surface area contributed by atoms with Gasteiger partial charge in [-0.3, -0.25) is 0 Å². The van der Waals surface area contributed by atoms with Crippen LogP contribution in [0.2, 0.25) is 0 Å². The predicted molar refractivity (Wildman–Crippen MR) is 64.5 cm³/mol. The zero-order valence-corrected chi connectivity index (χ0v) is 9.90. The van der Waals surface area contributed by atoms with Gasteiger partial charge in [-0.05, 0) is 11.1 Å². The highest BCUT2D eigenvalue weighted by molar-refractivity contribution is 5.73. The molecule has 17 heavy (non-hydrogen) atoms. The highest BCUT2D eigenvalue weighted by Crippen LogP contribution is 2.09. The minimum atomic E-state index is -0.286. The van der Waals surface area contributed by atoms with Crippen LogP contribution in [-0.4, -0.2) is 31.4 Å². The van der Waals surface area contributed by atoms with E-state index >= 15 is 0 Å². The summed E-state index contributed by atoms with van der Waals surface area (Å²) >= 11 is 0. The lowest BCUT2D eigenvalue weighted by Crippen LogP contribution is -2.36. The quantitative estimate of drug-likeness (QED) is 0.680. The van der Waals surface area contributed by atoms with Crippen LogP contribution in [0.4, 0.5) is 4.79 Å². The third kappa shape index (κ3) is 4.84. The maximum absolute atomic E-state index is 11.3. The van der Waals surface area contributed by atoms with Crippen LogP contribution < -0.4 is 10.6 Å². The van der Waals surface area contributed by atoms with Gasteiger partial charge in [0.25, 0.3) is 0 Å². The van der Waals surface area contributed by atoms with Crippen LogP contribution in [0.1, 0.15) is 11.1 Å².